The Morgan fingerprint density at radius 3 is 2.30 bits per heavy atom. The van der Waals surface area contributed by atoms with Gasteiger partial charge in [0.05, 0.1) is 0 Å². The second-order valence-electron chi connectivity index (χ2n) is 2.19. The first-order chi connectivity index (χ1) is 4.74. The maximum Gasteiger partial charge on any atom is 0.149 e. The van der Waals surface area contributed by atoms with Gasteiger partial charge >= 0.3 is 0 Å². The van der Waals surface area contributed by atoms with E-state index in [1.54, 1.807) is 0 Å². The van der Waals surface area contributed by atoms with Crippen LogP contribution in [0.3, 0.4) is 0 Å². The number of likely N-dealkylation sites (N-methyl/N-ethyl adjacent to an activating group) is 1. The van der Waals surface area contributed by atoms with E-state index in [-0.39, 0.29) is 0 Å². The van der Waals surface area contributed by atoms with E-state index in [2.05, 4.69) is 0 Å². The fraction of sp³-hybridized carbons (Fsp3) is 0.857. The second-order valence-corrected chi connectivity index (χ2v) is 2.19. The van der Waals surface area contributed by atoms with Crippen molar-refractivity contribution in [3.05, 3.63) is 0 Å². The SMILES string of the molecule is CCN(CC)CC(O)C=O. The van der Waals surface area contributed by atoms with Gasteiger partial charge in [0, 0.05) is 6.54 Å². The molecule has 1 atom stereocenters. The highest BCUT2D eigenvalue weighted by atomic mass is 16.3. The largest absolute Gasteiger partial charge is 0.384 e. The summed E-state index contributed by atoms with van der Waals surface area (Å²) in [5.74, 6) is 0. The van der Waals surface area contributed by atoms with Crippen molar-refractivity contribution in [2.24, 2.45) is 0 Å². The van der Waals surface area contributed by atoms with Gasteiger partial charge in [0.1, 0.15) is 12.4 Å². The van der Waals surface area contributed by atoms with Crippen molar-refractivity contribution < 1.29 is 9.90 Å². The Labute approximate surface area is 61.6 Å². The van der Waals surface area contributed by atoms with Crippen LogP contribution in [0.2, 0.25) is 0 Å². The third-order valence-electron chi connectivity index (χ3n) is 1.50. The number of rotatable bonds is 5. The maximum absolute atomic E-state index is 10.00. The van der Waals surface area contributed by atoms with Crippen LogP contribution in [0.25, 0.3) is 0 Å². The van der Waals surface area contributed by atoms with Crippen LogP contribution in [0.15, 0.2) is 0 Å². The number of aldehydes is 1. The molecule has 3 nitrogen and oxygen atoms in total. The summed E-state index contributed by atoms with van der Waals surface area (Å²) in [4.78, 5) is 12.0. The van der Waals surface area contributed by atoms with Crippen LogP contribution in [-0.4, -0.2) is 42.0 Å². The van der Waals surface area contributed by atoms with Crippen LogP contribution in [0.5, 0.6) is 0 Å². The molecule has 0 spiro atoms. The Balaban J connectivity index is 3.51. The predicted molar refractivity (Wildman–Crippen MR) is 39.9 cm³/mol. The molecule has 60 valence electrons. The lowest BCUT2D eigenvalue weighted by atomic mass is 10.3. The summed E-state index contributed by atoms with van der Waals surface area (Å²) in [6.07, 6.45) is -0.252. The van der Waals surface area contributed by atoms with E-state index in [0.717, 1.165) is 13.1 Å². The third-order valence-corrected chi connectivity index (χ3v) is 1.50. The first-order valence-corrected chi connectivity index (χ1v) is 3.60. The lowest BCUT2D eigenvalue weighted by molar-refractivity contribution is -0.115. The molecule has 0 aliphatic carbocycles. The van der Waals surface area contributed by atoms with Crippen molar-refractivity contribution in [3.63, 3.8) is 0 Å². The average molecular weight is 145 g/mol. The minimum Gasteiger partial charge on any atom is -0.384 e. The molecule has 0 aromatic heterocycles. The van der Waals surface area contributed by atoms with Crippen LogP contribution in [-0.2, 0) is 4.79 Å². The van der Waals surface area contributed by atoms with Crippen molar-refractivity contribution in [3.8, 4) is 0 Å². The highest BCUT2D eigenvalue weighted by Gasteiger charge is 2.05. The molecule has 3 heteroatoms. The molecule has 0 fully saturated rings. The van der Waals surface area contributed by atoms with Crippen LogP contribution in [0.1, 0.15) is 13.8 Å². The number of hydrogen-bond acceptors (Lipinski definition) is 3. The Bertz CT molecular complexity index is 91.6. The van der Waals surface area contributed by atoms with E-state index < -0.39 is 6.10 Å². The molecule has 0 aromatic rings. The zero-order valence-corrected chi connectivity index (χ0v) is 6.58. The summed E-state index contributed by atoms with van der Waals surface area (Å²) >= 11 is 0. The average Bonchev–Trinajstić information content (AvgIpc) is 1.99. The molecule has 0 saturated heterocycles. The summed E-state index contributed by atoms with van der Waals surface area (Å²) in [7, 11) is 0. The Morgan fingerprint density at radius 2 is 2.00 bits per heavy atom. The number of carbonyl (C=O) groups is 1. The smallest absolute Gasteiger partial charge is 0.149 e. The highest BCUT2D eigenvalue weighted by molar-refractivity contribution is 5.55. The molecule has 1 unspecified atom stereocenters. The van der Waals surface area contributed by atoms with E-state index in [9.17, 15) is 4.79 Å². The topological polar surface area (TPSA) is 40.5 Å². The minimum absolute atomic E-state index is 0.455. The van der Waals surface area contributed by atoms with Crippen molar-refractivity contribution in [1.29, 1.82) is 0 Å². The fourth-order valence-corrected chi connectivity index (χ4v) is 0.789. The van der Waals surface area contributed by atoms with Gasteiger partial charge in [-0.25, -0.2) is 0 Å². The molecule has 0 aliphatic heterocycles. The summed E-state index contributed by atoms with van der Waals surface area (Å²) in [5, 5.41) is 8.88. The van der Waals surface area contributed by atoms with Crippen LogP contribution in [0.4, 0.5) is 0 Å². The Hall–Kier alpha value is -0.410. The monoisotopic (exact) mass is 145 g/mol. The molecule has 10 heavy (non-hydrogen) atoms. The normalized spacial score (nSPS) is 13.6. The van der Waals surface area contributed by atoms with Crippen LogP contribution in [0, 0.1) is 0 Å². The number of aliphatic hydroxyl groups is 1. The van der Waals surface area contributed by atoms with Crippen LogP contribution < -0.4 is 0 Å². The van der Waals surface area contributed by atoms with Gasteiger partial charge in [-0.3, -0.25) is 0 Å². The molecule has 0 aliphatic rings. The predicted octanol–water partition coefficient (Wildman–Crippen LogP) is -0.112. The maximum atomic E-state index is 10.00. The van der Waals surface area contributed by atoms with Crippen molar-refractivity contribution in [2.75, 3.05) is 19.6 Å². The van der Waals surface area contributed by atoms with Gasteiger partial charge in [-0.05, 0) is 13.1 Å². The molecular formula is C7H15NO2. The molecule has 0 radical (unpaired) electrons. The van der Waals surface area contributed by atoms with Crippen molar-refractivity contribution >= 4 is 6.29 Å². The molecule has 0 bridgehead atoms. The Kier molecular flexibility index (Phi) is 5.16. The van der Waals surface area contributed by atoms with E-state index in [1.807, 2.05) is 18.7 Å². The number of hydrogen-bond donors (Lipinski definition) is 1. The quantitative estimate of drug-likeness (QED) is 0.549. The van der Waals surface area contributed by atoms with Gasteiger partial charge in [-0.15, -0.1) is 0 Å². The molecule has 0 heterocycles. The van der Waals surface area contributed by atoms with E-state index >= 15 is 0 Å². The summed E-state index contributed by atoms with van der Waals surface area (Å²) in [5.41, 5.74) is 0. The van der Waals surface area contributed by atoms with Gasteiger partial charge in [-0.1, -0.05) is 13.8 Å². The van der Waals surface area contributed by atoms with Crippen molar-refractivity contribution in [2.45, 2.75) is 20.0 Å². The highest BCUT2D eigenvalue weighted by Crippen LogP contribution is 1.88. The summed E-state index contributed by atoms with van der Waals surface area (Å²) in [6, 6.07) is 0. The van der Waals surface area contributed by atoms with Crippen molar-refractivity contribution in [1.82, 2.24) is 4.90 Å². The molecule has 0 amide bonds. The molecule has 0 saturated carbocycles. The number of nitrogens with zero attached hydrogens (tertiary/aromatic N) is 1. The second kappa shape index (κ2) is 5.38. The molecule has 1 N–H and O–H groups in total. The fourth-order valence-electron chi connectivity index (χ4n) is 0.789. The molecule has 0 rings (SSSR count). The van der Waals surface area contributed by atoms with E-state index in [1.165, 1.54) is 0 Å². The number of carbonyl (C=O) groups excluding carboxylic acids is 1. The third kappa shape index (κ3) is 3.58. The number of aliphatic hydroxyl groups excluding tert-OH is 1. The van der Waals surface area contributed by atoms with E-state index in [0.29, 0.717) is 12.8 Å². The first-order valence-electron chi connectivity index (χ1n) is 3.60. The zero-order chi connectivity index (χ0) is 7.98. The van der Waals surface area contributed by atoms with Gasteiger partial charge in [-0.2, -0.15) is 0 Å². The minimum atomic E-state index is -0.820. The Morgan fingerprint density at radius 1 is 1.50 bits per heavy atom. The first kappa shape index (κ1) is 9.59. The summed E-state index contributed by atoms with van der Waals surface area (Å²) in [6.45, 7) is 6.21. The summed E-state index contributed by atoms with van der Waals surface area (Å²) < 4.78 is 0. The van der Waals surface area contributed by atoms with E-state index in [4.69, 9.17) is 5.11 Å². The van der Waals surface area contributed by atoms with Gasteiger partial charge in [0.15, 0.2) is 0 Å². The zero-order valence-electron chi connectivity index (χ0n) is 6.58. The molecule has 0 aromatic carbocycles. The van der Waals surface area contributed by atoms with Crippen LogP contribution >= 0.6 is 0 Å². The standard InChI is InChI=1S/C7H15NO2/c1-3-8(4-2)5-7(10)6-9/h6-7,10H,3-5H2,1-2H3. The van der Waals surface area contributed by atoms with Gasteiger partial charge < -0.3 is 14.8 Å². The molecular weight excluding hydrogens is 130 g/mol. The van der Waals surface area contributed by atoms with Gasteiger partial charge in [0.25, 0.3) is 0 Å². The lowest BCUT2D eigenvalue weighted by Crippen LogP contribution is -2.32. The lowest BCUT2D eigenvalue weighted by Gasteiger charge is -2.18. The van der Waals surface area contributed by atoms with Gasteiger partial charge in [0.2, 0.25) is 0 Å².